The van der Waals surface area contributed by atoms with E-state index in [2.05, 4.69) is 0 Å². The fourth-order valence-electron chi connectivity index (χ4n) is 1.11. The standard InChI is InChI=1S/C6H8O7.C5H11NO2.Fe/c7-3(8)1-6(13,5(11)12)2-4(9)10;1-6(2,3)4-5(7)8;/h13H,1-2H2,(H,7,8)(H,9,10)(H,11,12);4H2,1-3H3;. The Morgan fingerprint density at radius 3 is 1.50 bits per heavy atom. The fraction of sp³-hybridized carbons (Fsp3) is 0.636. The number of likely N-dealkylation sites (N-methyl/N-ethyl adjacent to an activating group) is 1. The zero-order valence-electron chi connectivity index (χ0n) is 12.3. The summed E-state index contributed by atoms with van der Waals surface area (Å²) in [5.41, 5.74) is -2.80. The molecule has 0 radical (unpaired) electrons. The minimum Gasteiger partial charge on any atom is -0.550 e. The first-order chi connectivity index (χ1) is 9.19. The van der Waals surface area contributed by atoms with Crippen molar-refractivity contribution in [3.8, 4) is 0 Å². The number of hydrogen-bond donors (Lipinski definition) is 4. The van der Waals surface area contributed by atoms with Gasteiger partial charge in [0.15, 0.2) is 12.1 Å². The topological polar surface area (TPSA) is 172 Å². The van der Waals surface area contributed by atoms with E-state index < -0.39 is 42.3 Å². The third-order valence-corrected chi connectivity index (χ3v) is 1.89. The number of carboxylic acid groups (broad SMARTS) is 4. The molecule has 0 aliphatic heterocycles. The third kappa shape index (κ3) is 14.7. The Labute approximate surface area is 137 Å². The van der Waals surface area contributed by atoms with Gasteiger partial charge in [-0.25, -0.2) is 9.59 Å². The van der Waals surface area contributed by atoms with Crippen molar-refractivity contribution in [1.82, 2.24) is 0 Å². The first-order valence-electron chi connectivity index (χ1n) is 5.59. The minimum atomic E-state index is -2.80. The molecule has 0 bridgehead atoms. The van der Waals surface area contributed by atoms with E-state index >= 15 is 0 Å². The monoisotopic (exact) mass is 365 g/mol. The molecule has 0 aromatic carbocycles. The Morgan fingerprint density at radius 1 is 0.955 bits per heavy atom. The molecule has 130 valence electrons. The van der Waals surface area contributed by atoms with Crippen LogP contribution in [0.5, 0.6) is 0 Å². The smallest absolute Gasteiger partial charge is 0.359 e. The molecule has 22 heavy (non-hydrogen) atoms. The zero-order valence-corrected chi connectivity index (χ0v) is 13.4. The predicted octanol–water partition coefficient (Wildman–Crippen LogP) is -2.81. The van der Waals surface area contributed by atoms with Crippen LogP contribution in [0.2, 0.25) is 0 Å². The summed E-state index contributed by atoms with van der Waals surface area (Å²) in [4.78, 5) is 40.3. The van der Waals surface area contributed by atoms with Gasteiger partial charge in [0.1, 0.15) is 0 Å². The molecule has 0 spiro atoms. The molecule has 0 amide bonds. The van der Waals surface area contributed by atoms with E-state index in [9.17, 15) is 24.3 Å². The molecule has 0 rings (SSSR count). The van der Waals surface area contributed by atoms with Gasteiger partial charge in [0.05, 0.1) is 27.6 Å². The van der Waals surface area contributed by atoms with E-state index in [1.54, 1.807) is 0 Å². The maximum Gasteiger partial charge on any atom is 0.359 e. The van der Waals surface area contributed by atoms with Crippen LogP contribution in [0.25, 0.3) is 0 Å². The van der Waals surface area contributed by atoms with Crippen molar-refractivity contribution in [2.45, 2.75) is 18.4 Å². The molecule has 1 unspecified atom stereocenters. The second-order valence-corrected chi connectivity index (χ2v) is 5.30. The van der Waals surface area contributed by atoms with Gasteiger partial charge in [-0.2, -0.15) is 0 Å². The van der Waals surface area contributed by atoms with Gasteiger partial charge < -0.3 is 34.8 Å². The van der Waals surface area contributed by atoms with Gasteiger partial charge in [0.25, 0.3) is 0 Å². The number of nitrogens with zero attached hydrogens (tertiary/aromatic N) is 1. The molecule has 4 N–H and O–H groups in total. The van der Waals surface area contributed by atoms with Gasteiger partial charge in [-0.05, 0) is 0 Å². The van der Waals surface area contributed by atoms with Crippen molar-refractivity contribution in [2.75, 3.05) is 27.7 Å². The zero-order chi connectivity index (χ0) is 17.4. The molecule has 0 fully saturated rings. The Morgan fingerprint density at radius 2 is 1.36 bits per heavy atom. The molecule has 0 aliphatic rings. The van der Waals surface area contributed by atoms with E-state index in [-0.39, 0.29) is 23.6 Å². The van der Waals surface area contributed by atoms with Crippen molar-refractivity contribution < 1.29 is 66.3 Å². The van der Waals surface area contributed by atoms with Crippen LogP contribution < -0.4 is 5.11 Å². The average Bonchev–Trinajstić information content (AvgIpc) is 2.10. The van der Waals surface area contributed by atoms with Gasteiger partial charge in [-0.15, -0.1) is 0 Å². The Kier molecular flexibility index (Phi) is 11.6. The van der Waals surface area contributed by atoms with Gasteiger partial charge in [0, 0.05) is 29.5 Å². The SMILES string of the molecule is C[N+](C)(C)CC(=O)O.O=C([O-])CC(O)(CC(=O)O)C(=O)O.[Fe]. The first kappa shape index (κ1) is 25.3. The van der Waals surface area contributed by atoms with Crippen LogP contribution in [-0.4, -0.2) is 82.1 Å². The molecule has 0 aromatic heterocycles. The number of hydrogen-bond acceptors (Lipinski definition) is 6. The number of carboxylic acids is 4. The number of aliphatic hydroxyl groups is 1. The quantitative estimate of drug-likeness (QED) is 0.274. The van der Waals surface area contributed by atoms with Gasteiger partial charge >= 0.3 is 17.9 Å². The second kappa shape index (κ2) is 10.1. The molecule has 0 aromatic rings. The molecule has 0 heterocycles. The van der Waals surface area contributed by atoms with Crippen LogP contribution in [0.1, 0.15) is 12.8 Å². The minimum absolute atomic E-state index is 0. The van der Waals surface area contributed by atoms with Crippen LogP contribution in [0.3, 0.4) is 0 Å². The number of rotatable bonds is 7. The van der Waals surface area contributed by atoms with Crippen molar-refractivity contribution >= 4 is 23.9 Å². The summed E-state index contributed by atoms with van der Waals surface area (Å²) in [6, 6.07) is 0. The second-order valence-electron chi connectivity index (χ2n) is 5.30. The molecule has 0 aliphatic carbocycles. The molecule has 11 heteroatoms. The van der Waals surface area contributed by atoms with Crippen LogP contribution in [0, 0.1) is 0 Å². The summed E-state index contributed by atoms with van der Waals surface area (Å²) >= 11 is 0. The first-order valence-corrected chi connectivity index (χ1v) is 5.59. The maximum absolute atomic E-state index is 10.3. The number of carbonyl (C=O) groups is 4. The molecular formula is C11H19FeNO9. The van der Waals surface area contributed by atoms with Gasteiger partial charge in [-0.3, -0.25) is 4.79 Å². The normalized spacial score (nSPS) is 12.7. The summed E-state index contributed by atoms with van der Waals surface area (Å²) in [6.07, 6.45) is -2.44. The Bertz CT molecular complexity index is 400. The predicted molar refractivity (Wildman–Crippen MR) is 65.0 cm³/mol. The summed E-state index contributed by atoms with van der Waals surface area (Å²) in [6.45, 7) is 0.181. The van der Waals surface area contributed by atoms with E-state index in [1.165, 1.54) is 0 Å². The summed E-state index contributed by atoms with van der Waals surface area (Å²) in [5.74, 6) is -6.09. The number of carbonyl (C=O) groups excluding carboxylic acids is 1. The Balaban J connectivity index is -0.000000348. The summed E-state index contributed by atoms with van der Waals surface area (Å²) in [5, 5.41) is 43.7. The molecule has 1 atom stereocenters. The third-order valence-electron chi connectivity index (χ3n) is 1.89. The van der Waals surface area contributed by atoms with Crippen molar-refractivity contribution in [2.24, 2.45) is 0 Å². The van der Waals surface area contributed by atoms with E-state index in [4.69, 9.17) is 20.4 Å². The summed E-state index contributed by atoms with van der Waals surface area (Å²) < 4.78 is 0.481. The van der Waals surface area contributed by atoms with E-state index in [0.717, 1.165) is 0 Å². The maximum atomic E-state index is 10.3. The molecular weight excluding hydrogens is 346 g/mol. The molecule has 0 saturated carbocycles. The van der Waals surface area contributed by atoms with Crippen LogP contribution >= 0.6 is 0 Å². The Hall–Kier alpha value is -1.68. The van der Waals surface area contributed by atoms with E-state index in [1.807, 2.05) is 21.1 Å². The largest absolute Gasteiger partial charge is 0.550 e. The van der Waals surface area contributed by atoms with Crippen molar-refractivity contribution in [3.63, 3.8) is 0 Å². The number of quaternary nitrogens is 1. The fourth-order valence-corrected chi connectivity index (χ4v) is 1.11. The molecule has 0 saturated heterocycles. The van der Waals surface area contributed by atoms with Crippen molar-refractivity contribution in [3.05, 3.63) is 0 Å². The average molecular weight is 365 g/mol. The van der Waals surface area contributed by atoms with Gasteiger partial charge in [0.2, 0.25) is 0 Å². The van der Waals surface area contributed by atoms with Crippen molar-refractivity contribution in [1.29, 1.82) is 0 Å². The summed E-state index contributed by atoms with van der Waals surface area (Å²) in [7, 11) is 5.52. The number of aliphatic carboxylic acids is 4. The van der Waals surface area contributed by atoms with Crippen LogP contribution in [0.4, 0.5) is 0 Å². The van der Waals surface area contributed by atoms with E-state index in [0.29, 0.717) is 4.48 Å². The van der Waals surface area contributed by atoms with Gasteiger partial charge in [-0.1, -0.05) is 0 Å². The van der Waals surface area contributed by atoms with Crippen LogP contribution in [0.15, 0.2) is 0 Å². The molecule has 10 nitrogen and oxygen atoms in total. The van der Waals surface area contributed by atoms with Crippen LogP contribution in [-0.2, 0) is 36.2 Å².